The standard InChI is InChI=1S/C20H33N3O4/c1-15(24)11-21-6-7-22-13-17-10-18(26-3)4-5-19(17)27-20(14-22)23(9-8-21)12-16(2)25/h4-5,10,15-16,20,24-25H,6-9,11-14H2,1-3H3/t15-,16-,20?/m0/s1. The zero-order valence-corrected chi connectivity index (χ0v) is 16.7. The average molecular weight is 380 g/mol. The monoisotopic (exact) mass is 379 g/mol. The van der Waals surface area contributed by atoms with Gasteiger partial charge in [-0.1, -0.05) is 0 Å². The fraction of sp³-hybridized carbons (Fsp3) is 0.700. The van der Waals surface area contributed by atoms with E-state index in [1.54, 1.807) is 7.11 Å². The summed E-state index contributed by atoms with van der Waals surface area (Å²) in [5, 5.41) is 19.8. The van der Waals surface area contributed by atoms with Gasteiger partial charge in [0.2, 0.25) is 0 Å². The Hall–Kier alpha value is -1.38. The Kier molecular flexibility index (Phi) is 6.94. The average Bonchev–Trinajstić information content (AvgIpc) is 2.75. The molecule has 27 heavy (non-hydrogen) atoms. The molecule has 0 aliphatic carbocycles. The van der Waals surface area contributed by atoms with Crippen LogP contribution >= 0.6 is 0 Å². The maximum Gasteiger partial charge on any atom is 0.165 e. The Morgan fingerprint density at radius 2 is 1.85 bits per heavy atom. The first kappa shape index (κ1) is 20.4. The Morgan fingerprint density at radius 1 is 1.11 bits per heavy atom. The molecule has 1 fully saturated rings. The van der Waals surface area contributed by atoms with Crippen LogP contribution in [0.4, 0.5) is 0 Å². The highest BCUT2D eigenvalue weighted by atomic mass is 16.5. The summed E-state index contributed by atoms with van der Waals surface area (Å²) in [7, 11) is 1.68. The zero-order valence-electron chi connectivity index (χ0n) is 16.7. The first-order chi connectivity index (χ1) is 12.9. The molecule has 0 saturated carbocycles. The Morgan fingerprint density at radius 3 is 2.56 bits per heavy atom. The molecule has 0 spiro atoms. The molecule has 2 N–H and O–H groups in total. The van der Waals surface area contributed by atoms with Gasteiger partial charge in [-0.05, 0) is 32.0 Å². The van der Waals surface area contributed by atoms with E-state index in [2.05, 4.69) is 14.7 Å². The van der Waals surface area contributed by atoms with Crippen molar-refractivity contribution in [3.63, 3.8) is 0 Å². The molecule has 2 aliphatic rings. The van der Waals surface area contributed by atoms with E-state index in [-0.39, 0.29) is 12.3 Å². The minimum Gasteiger partial charge on any atom is -0.497 e. The molecular formula is C20H33N3O4. The smallest absolute Gasteiger partial charge is 0.165 e. The van der Waals surface area contributed by atoms with Crippen LogP contribution in [-0.4, -0.2) is 96.3 Å². The summed E-state index contributed by atoms with van der Waals surface area (Å²) in [6.07, 6.45) is -0.887. The fourth-order valence-corrected chi connectivity index (χ4v) is 3.90. The lowest BCUT2D eigenvalue weighted by Gasteiger charge is -2.33. The third-order valence-electron chi connectivity index (χ3n) is 5.20. The van der Waals surface area contributed by atoms with Gasteiger partial charge in [0, 0.05) is 57.9 Å². The predicted octanol–water partition coefficient (Wildman–Crippen LogP) is 0.595. The topological polar surface area (TPSA) is 68.6 Å². The van der Waals surface area contributed by atoms with E-state index in [1.807, 2.05) is 32.0 Å². The van der Waals surface area contributed by atoms with Gasteiger partial charge < -0.3 is 19.7 Å². The van der Waals surface area contributed by atoms with E-state index in [0.29, 0.717) is 13.1 Å². The van der Waals surface area contributed by atoms with Crippen LogP contribution in [0.15, 0.2) is 18.2 Å². The highest BCUT2D eigenvalue weighted by Gasteiger charge is 2.30. The second kappa shape index (κ2) is 9.21. The molecule has 7 nitrogen and oxygen atoms in total. The number of nitrogens with zero attached hydrogens (tertiary/aromatic N) is 3. The molecule has 3 rings (SSSR count). The molecule has 1 aromatic carbocycles. The van der Waals surface area contributed by atoms with Crippen molar-refractivity contribution in [1.82, 2.24) is 14.7 Å². The Balaban J connectivity index is 1.86. The van der Waals surface area contributed by atoms with Crippen molar-refractivity contribution in [3.8, 4) is 11.5 Å². The van der Waals surface area contributed by atoms with Gasteiger partial charge in [-0.15, -0.1) is 0 Å². The van der Waals surface area contributed by atoms with Crippen molar-refractivity contribution in [1.29, 1.82) is 0 Å². The van der Waals surface area contributed by atoms with Crippen LogP contribution in [0.2, 0.25) is 0 Å². The van der Waals surface area contributed by atoms with Gasteiger partial charge >= 0.3 is 0 Å². The van der Waals surface area contributed by atoms with Gasteiger partial charge in [0.15, 0.2) is 6.23 Å². The summed E-state index contributed by atoms with van der Waals surface area (Å²) in [6, 6.07) is 5.96. The number of methoxy groups -OCH3 is 1. The maximum absolute atomic E-state index is 10.00. The second-order valence-corrected chi connectivity index (χ2v) is 7.77. The largest absolute Gasteiger partial charge is 0.497 e. The summed E-state index contributed by atoms with van der Waals surface area (Å²) in [4.78, 5) is 6.91. The number of aliphatic hydroxyl groups excluding tert-OH is 2. The van der Waals surface area contributed by atoms with E-state index in [0.717, 1.165) is 56.3 Å². The quantitative estimate of drug-likeness (QED) is 0.776. The van der Waals surface area contributed by atoms with E-state index < -0.39 is 6.10 Å². The van der Waals surface area contributed by atoms with Gasteiger partial charge in [0.1, 0.15) is 11.5 Å². The SMILES string of the molecule is COc1ccc2c(c1)CN1CCN(C[C@H](C)O)CCN(C[C@H](C)O)C(C1)O2. The van der Waals surface area contributed by atoms with Crippen molar-refractivity contribution >= 4 is 0 Å². The van der Waals surface area contributed by atoms with Crippen LogP contribution in [0.25, 0.3) is 0 Å². The van der Waals surface area contributed by atoms with Crippen molar-refractivity contribution < 1.29 is 19.7 Å². The minimum atomic E-state index is -0.424. The van der Waals surface area contributed by atoms with Crippen molar-refractivity contribution in [2.45, 2.75) is 38.8 Å². The van der Waals surface area contributed by atoms with Crippen LogP contribution < -0.4 is 9.47 Å². The number of aliphatic hydroxyl groups is 2. The molecule has 1 aromatic rings. The van der Waals surface area contributed by atoms with E-state index >= 15 is 0 Å². The number of ether oxygens (including phenoxy) is 2. The zero-order chi connectivity index (χ0) is 19.4. The molecule has 0 aromatic heterocycles. The van der Waals surface area contributed by atoms with E-state index in [4.69, 9.17) is 9.47 Å². The fourth-order valence-electron chi connectivity index (χ4n) is 3.90. The molecule has 152 valence electrons. The first-order valence-corrected chi connectivity index (χ1v) is 9.83. The molecule has 7 heteroatoms. The summed E-state index contributed by atoms with van der Waals surface area (Å²) >= 11 is 0. The number of hydrogen-bond donors (Lipinski definition) is 2. The highest BCUT2D eigenvalue weighted by Crippen LogP contribution is 2.30. The van der Waals surface area contributed by atoms with Crippen LogP contribution in [0, 0.1) is 0 Å². The third-order valence-corrected chi connectivity index (χ3v) is 5.20. The summed E-state index contributed by atoms with van der Waals surface area (Å²) in [6.45, 7) is 9.90. The van der Waals surface area contributed by atoms with Gasteiger partial charge in [0.05, 0.1) is 19.3 Å². The maximum atomic E-state index is 10.00. The molecule has 2 bridgehead atoms. The molecule has 1 saturated heterocycles. The lowest BCUT2D eigenvalue weighted by molar-refractivity contribution is -0.0145. The number of benzene rings is 1. The Bertz CT molecular complexity index is 611. The van der Waals surface area contributed by atoms with Gasteiger partial charge in [-0.3, -0.25) is 14.7 Å². The number of fused-ring (bicyclic) bond motifs is 3. The Labute approximate surface area is 162 Å². The van der Waals surface area contributed by atoms with E-state index in [1.165, 1.54) is 0 Å². The van der Waals surface area contributed by atoms with Crippen LogP contribution in [0.3, 0.4) is 0 Å². The molecule has 2 unspecified atom stereocenters. The summed E-state index contributed by atoms with van der Waals surface area (Å²) in [5.41, 5.74) is 1.12. The third kappa shape index (κ3) is 5.56. The molecular weight excluding hydrogens is 346 g/mol. The van der Waals surface area contributed by atoms with Crippen molar-refractivity contribution in [3.05, 3.63) is 23.8 Å². The second-order valence-electron chi connectivity index (χ2n) is 7.77. The minimum absolute atomic E-state index is 0.110. The number of hydrogen-bond acceptors (Lipinski definition) is 7. The molecule has 4 atom stereocenters. The summed E-state index contributed by atoms with van der Waals surface area (Å²) < 4.78 is 11.8. The summed E-state index contributed by atoms with van der Waals surface area (Å²) in [5.74, 6) is 1.72. The van der Waals surface area contributed by atoms with Gasteiger partial charge in [-0.2, -0.15) is 0 Å². The van der Waals surface area contributed by atoms with Crippen LogP contribution in [0.5, 0.6) is 11.5 Å². The van der Waals surface area contributed by atoms with Crippen LogP contribution in [-0.2, 0) is 6.54 Å². The number of rotatable bonds is 5. The first-order valence-electron chi connectivity index (χ1n) is 9.83. The molecule has 0 amide bonds. The molecule has 2 aliphatic heterocycles. The lowest BCUT2D eigenvalue weighted by atomic mass is 10.2. The predicted molar refractivity (Wildman–Crippen MR) is 104 cm³/mol. The van der Waals surface area contributed by atoms with Gasteiger partial charge in [-0.25, -0.2) is 0 Å². The van der Waals surface area contributed by atoms with Gasteiger partial charge in [0.25, 0.3) is 0 Å². The lowest BCUT2D eigenvalue weighted by Crippen LogP contribution is -2.49. The highest BCUT2D eigenvalue weighted by molar-refractivity contribution is 5.41. The normalized spacial score (nSPS) is 26.6. The number of β-amino-alcohol motifs (C(OH)–C–C–N with tert-alkyl or cyclic N) is 2. The van der Waals surface area contributed by atoms with Crippen molar-refractivity contribution in [2.75, 3.05) is 52.9 Å². The van der Waals surface area contributed by atoms with E-state index in [9.17, 15) is 10.2 Å². The van der Waals surface area contributed by atoms with Crippen LogP contribution in [0.1, 0.15) is 19.4 Å². The molecule has 2 heterocycles. The van der Waals surface area contributed by atoms with Crippen molar-refractivity contribution in [2.24, 2.45) is 0 Å². The molecule has 0 radical (unpaired) electrons.